The fraction of sp³-hybridized carbons (Fsp3) is 0.120. The van der Waals surface area contributed by atoms with E-state index in [2.05, 4.69) is 41.4 Å². The van der Waals surface area contributed by atoms with Crippen LogP contribution in [-0.4, -0.2) is 22.3 Å². The van der Waals surface area contributed by atoms with Crippen LogP contribution < -0.4 is 0 Å². The number of para-hydroxylation sites is 1. The van der Waals surface area contributed by atoms with Crippen LogP contribution in [0.5, 0.6) is 0 Å². The van der Waals surface area contributed by atoms with Gasteiger partial charge in [0.1, 0.15) is 0 Å². The van der Waals surface area contributed by atoms with Crippen molar-refractivity contribution in [3.8, 4) is 6.07 Å². The van der Waals surface area contributed by atoms with Crippen molar-refractivity contribution in [2.45, 2.75) is 12.5 Å². The number of nitrogens with one attached hydrogen (secondary N) is 1. The fourth-order valence-corrected chi connectivity index (χ4v) is 4.29. The number of aromatic nitrogens is 1. The lowest BCUT2D eigenvalue weighted by molar-refractivity contribution is 0.0692. The molecule has 1 aromatic heterocycles. The monoisotopic (exact) mass is 377 g/mol. The summed E-state index contributed by atoms with van der Waals surface area (Å²) in [6.07, 6.45) is 0.810. The van der Waals surface area contributed by atoms with Crippen molar-refractivity contribution in [1.82, 2.24) is 9.88 Å². The molecule has 0 saturated carbocycles. The number of fused-ring (bicyclic) bond motifs is 3. The number of rotatable bonds is 2. The number of nitrogens with zero attached hydrogens (tertiary/aromatic N) is 2. The van der Waals surface area contributed by atoms with Gasteiger partial charge in [0.05, 0.1) is 17.7 Å². The van der Waals surface area contributed by atoms with Gasteiger partial charge in [0.25, 0.3) is 5.91 Å². The Morgan fingerprint density at radius 3 is 2.45 bits per heavy atom. The Balaban J connectivity index is 1.63. The first-order valence-electron chi connectivity index (χ1n) is 9.72. The maximum atomic E-state index is 13.4. The lowest BCUT2D eigenvalue weighted by Gasteiger charge is -2.36. The number of hydrogen-bond donors (Lipinski definition) is 1. The number of hydrogen-bond acceptors (Lipinski definition) is 2. The zero-order valence-electron chi connectivity index (χ0n) is 15.8. The minimum atomic E-state index is -0.171. The lowest BCUT2D eigenvalue weighted by atomic mass is 9.91. The number of benzene rings is 3. The van der Waals surface area contributed by atoms with E-state index < -0.39 is 0 Å². The first-order valence-corrected chi connectivity index (χ1v) is 9.72. The molecule has 1 N–H and O–H groups in total. The molecule has 1 atom stereocenters. The van der Waals surface area contributed by atoms with E-state index in [0.29, 0.717) is 17.7 Å². The van der Waals surface area contributed by atoms with Crippen LogP contribution in [0.3, 0.4) is 0 Å². The largest absolute Gasteiger partial charge is 0.356 e. The van der Waals surface area contributed by atoms with E-state index in [1.807, 2.05) is 29.2 Å². The zero-order chi connectivity index (χ0) is 19.8. The summed E-state index contributed by atoms with van der Waals surface area (Å²) in [5, 5.41) is 10.3. The molecule has 0 fully saturated rings. The third kappa shape index (κ3) is 2.88. The highest BCUT2D eigenvalue weighted by atomic mass is 16.2. The van der Waals surface area contributed by atoms with E-state index in [1.54, 1.807) is 24.3 Å². The van der Waals surface area contributed by atoms with Gasteiger partial charge < -0.3 is 9.88 Å². The van der Waals surface area contributed by atoms with Crippen LogP contribution in [-0.2, 0) is 6.42 Å². The summed E-state index contributed by atoms with van der Waals surface area (Å²) < 4.78 is 0. The number of nitriles is 1. The van der Waals surface area contributed by atoms with Crippen molar-refractivity contribution in [3.05, 3.63) is 107 Å². The Morgan fingerprint density at radius 2 is 1.69 bits per heavy atom. The summed E-state index contributed by atoms with van der Waals surface area (Å²) in [5.41, 5.74) is 5.72. The molecule has 0 bridgehead atoms. The summed E-state index contributed by atoms with van der Waals surface area (Å²) in [5.74, 6) is -0.0207. The highest BCUT2D eigenvalue weighted by Gasteiger charge is 2.34. The number of carbonyl (C=O) groups is 1. The van der Waals surface area contributed by atoms with Gasteiger partial charge in [0, 0.05) is 28.7 Å². The molecule has 1 amide bonds. The first kappa shape index (κ1) is 17.3. The van der Waals surface area contributed by atoms with Crippen molar-refractivity contribution in [3.63, 3.8) is 0 Å². The number of H-pyrrole nitrogens is 1. The third-order valence-corrected chi connectivity index (χ3v) is 5.67. The molecule has 0 saturated heterocycles. The van der Waals surface area contributed by atoms with E-state index in [0.717, 1.165) is 23.2 Å². The van der Waals surface area contributed by atoms with Gasteiger partial charge in [-0.05, 0) is 47.9 Å². The molecule has 2 heterocycles. The minimum Gasteiger partial charge on any atom is -0.356 e. The molecule has 0 radical (unpaired) electrons. The van der Waals surface area contributed by atoms with Gasteiger partial charge in [-0.25, -0.2) is 0 Å². The number of carbonyl (C=O) groups excluding carboxylic acids is 1. The average molecular weight is 377 g/mol. The first-order chi connectivity index (χ1) is 14.3. The molecule has 4 aromatic rings. The standard InChI is InChI=1S/C25H19N3O/c26-16-17-10-12-19(13-11-17)25(29)28-15-14-21-20-8-4-5-9-22(20)27-23(21)24(28)18-6-2-1-3-7-18/h1-13,24,27H,14-15H2. The van der Waals surface area contributed by atoms with Crippen molar-refractivity contribution in [2.24, 2.45) is 0 Å². The highest BCUT2D eigenvalue weighted by molar-refractivity contribution is 5.95. The molecule has 4 heteroatoms. The Morgan fingerprint density at radius 1 is 0.966 bits per heavy atom. The molecule has 0 spiro atoms. The molecule has 4 nitrogen and oxygen atoms in total. The lowest BCUT2D eigenvalue weighted by Crippen LogP contribution is -2.40. The molecular weight excluding hydrogens is 358 g/mol. The van der Waals surface area contributed by atoms with Gasteiger partial charge in [-0.1, -0.05) is 48.5 Å². The normalized spacial score (nSPS) is 15.7. The molecule has 5 rings (SSSR count). The van der Waals surface area contributed by atoms with Gasteiger partial charge in [-0.15, -0.1) is 0 Å². The summed E-state index contributed by atoms with van der Waals surface area (Å²) in [4.78, 5) is 19.0. The molecule has 1 aliphatic heterocycles. The zero-order valence-corrected chi connectivity index (χ0v) is 15.8. The fourth-order valence-electron chi connectivity index (χ4n) is 4.29. The molecule has 29 heavy (non-hydrogen) atoms. The van der Waals surface area contributed by atoms with E-state index in [9.17, 15) is 4.79 Å². The molecule has 3 aromatic carbocycles. The predicted molar refractivity (Wildman–Crippen MR) is 112 cm³/mol. The van der Waals surface area contributed by atoms with Crippen molar-refractivity contribution in [2.75, 3.05) is 6.54 Å². The van der Waals surface area contributed by atoms with Crippen LogP contribution in [0, 0.1) is 11.3 Å². The quantitative estimate of drug-likeness (QED) is 0.544. The number of aromatic amines is 1. The van der Waals surface area contributed by atoms with Crippen LogP contribution in [0.1, 0.15) is 38.8 Å². The maximum absolute atomic E-state index is 13.4. The number of amides is 1. The van der Waals surface area contributed by atoms with E-state index >= 15 is 0 Å². The van der Waals surface area contributed by atoms with Crippen molar-refractivity contribution < 1.29 is 4.79 Å². The second-order valence-corrected chi connectivity index (χ2v) is 7.31. The van der Waals surface area contributed by atoms with Crippen LogP contribution in [0.25, 0.3) is 10.9 Å². The highest BCUT2D eigenvalue weighted by Crippen LogP contribution is 2.39. The van der Waals surface area contributed by atoms with E-state index in [4.69, 9.17) is 5.26 Å². The van der Waals surface area contributed by atoms with Gasteiger partial charge in [-0.2, -0.15) is 5.26 Å². The summed E-state index contributed by atoms with van der Waals surface area (Å²) in [6.45, 7) is 0.646. The molecule has 0 aliphatic carbocycles. The third-order valence-electron chi connectivity index (χ3n) is 5.67. The Kier molecular flexibility index (Phi) is 4.14. The molecular formula is C25H19N3O. The van der Waals surface area contributed by atoms with Crippen LogP contribution in [0.4, 0.5) is 0 Å². The van der Waals surface area contributed by atoms with Crippen LogP contribution in [0.15, 0.2) is 78.9 Å². The van der Waals surface area contributed by atoms with Crippen molar-refractivity contribution >= 4 is 16.8 Å². The second kappa shape index (κ2) is 6.96. The Bertz CT molecular complexity index is 1230. The Hall–Kier alpha value is -3.84. The van der Waals surface area contributed by atoms with Gasteiger partial charge >= 0.3 is 0 Å². The maximum Gasteiger partial charge on any atom is 0.254 e. The SMILES string of the molecule is N#Cc1ccc(C(=O)N2CCc3c([nH]c4ccccc34)C2c2ccccc2)cc1. The summed E-state index contributed by atoms with van der Waals surface area (Å²) >= 11 is 0. The topological polar surface area (TPSA) is 59.9 Å². The van der Waals surface area contributed by atoms with Crippen molar-refractivity contribution in [1.29, 1.82) is 5.26 Å². The summed E-state index contributed by atoms with van der Waals surface area (Å²) in [6, 6.07) is 27.3. The van der Waals surface area contributed by atoms with Crippen LogP contribution in [0.2, 0.25) is 0 Å². The predicted octanol–water partition coefficient (Wildman–Crippen LogP) is 4.83. The summed E-state index contributed by atoms with van der Waals surface area (Å²) in [7, 11) is 0. The molecule has 1 aliphatic rings. The van der Waals surface area contributed by atoms with Gasteiger partial charge in [-0.3, -0.25) is 4.79 Å². The van der Waals surface area contributed by atoms with Gasteiger partial charge in [0.2, 0.25) is 0 Å². The van der Waals surface area contributed by atoms with E-state index in [-0.39, 0.29) is 11.9 Å². The molecule has 140 valence electrons. The second-order valence-electron chi connectivity index (χ2n) is 7.31. The average Bonchev–Trinajstić information content (AvgIpc) is 3.17. The van der Waals surface area contributed by atoms with Gasteiger partial charge in [0.15, 0.2) is 0 Å². The van der Waals surface area contributed by atoms with Crippen LogP contribution >= 0.6 is 0 Å². The molecule has 1 unspecified atom stereocenters. The smallest absolute Gasteiger partial charge is 0.254 e. The Labute approximate surface area is 169 Å². The minimum absolute atomic E-state index is 0.0207. The van der Waals surface area contributed by atoms with E-state index in [1.165, 1.54) is 10.9 Å².